The van der Waals surface area contributed by atoms with E-state index in [1.54, 1.807) is 6.92 Å². The van der Waals surface area contributed by atoms with Crippen LogP contribution in [0, 0.1) is 13.8 Å². The predicted octanol–water partition coefficient (Wildman–Crippen LogP) is 3.85. The van der Waals surface area contributed by atoms with Gasteiger partial charge in [-0.3, -0.25) is 4.79 Å². The van der Waals surface area contributed by atoms with Gasteiger partial charge in [-0.05, 0) is 43.9 Å². The number of nitrogens with one attached hydrogen (secondary N) is 1. The van der Waals surface area contributed by atoms with Gasteiger partial charge in [0.15, 0.2) is 5.69 Å². The Morgan fingerprint density at radius 2 is 2.19 bits per heavy atom. The molecule has 1 aliphatic rings. The number of carboxylic acids is 1. The number of likely N-dealkylation sites (tertiary alicyclic amines) is 1. The second-order valence-electron chi connectivity index (χ2n) is 7.05. The minimum atomic E-state index is -1.01. The number of carbonyl (C=O) groups excluding carboxylic acids is 1. The first-order chi connectivity index (χ1) is 12.9. The van der Waals surface area contributed by atoms with Gasteiger partial charge in [-0.2, -0.15) is 0 Å². The Kier molecular flexibility index (Phi) is 4.47. The third-order valence-electron chi connectivity index (χ3n) is 5.14. The topological polar surface area (TPSA) is 86.3 Å². The van der Waals surface area contributed by atoms with E-state index < -0.39 is 5.97 Å². The summed E-state index contributed by atoms with van der Waals surface area (Å²) in [5.41, 5.74) is 3.30. The molecule has 1 atom stereocenters. The van der Waals surface area contributed by atoms with Crippen molar-refractivity contribution in [3.05, 3.63) is 51.1 Å². The highest BCUT2D eigenvalue weighted by Crippen LogP contribution is 2.36. The van der Waals surface area contributed by atoms with Gasteiger partial charge in [0.25, 0.3) is 0 Å². The van der Waals surface area contributed by atoms with Gasteiger partial charge in [0.1, 0.15) is 5.01 Å². The van der Waals surface area contributed by atoms with E-state index in [4.69, 9.17) is 0 Å². The Hall–Kier alpha value is -2.67. The van der Waals surface area contributed by atoms with Crippen LogP contribution in [-0.4, -0.2) is 38.4 Å². The fourth-order valence-corrected chi connectivity index (χ4v) is 4.85. The molecule has 6 nitrogen and oxygen atoms in total. The molecule has 0 saturated carbocycles. The van der Waals surface area contributed by atoms with Gasteiger partial charge in [0, 0.05) is 28.5 Å². The maximum atomic E-state index is 13.0. The van der Waals surface area contributed by atoms with Gasteiger partial charge in [-0.15, -0.1) is 11.3 Å². The number of thiazole rings is 1. The van der Waals surface area contributed by atoms with Crippen molar-refractivity contribution >= 4 is 34.1 Å². The summed E-state index contributed by atoms with van der Waals surface area (Å²) >= 11 is 1.38. The molecule has 2 N–H and O–H groups in total. The van der Waals surface area contributed by atoms with Crippen LogP contribution in [-0.2, 0) is 11.2 Å². The Morgan fingerprint density at radius 1 is 1.37 bits per heavy atom. The number of rotatable bonds is 4. The minimum Gasteiger partial charge on any atom is -0.476 e. The molecule has 1 fully saturated rings. The lowest BCUT2D eigenvalue weighted by atomic mass is 10.1. The van der Waals surface area contributed by atoms with Gasteiger partial charge in [-0.25, -0.2) is 9.78 Å². The van der Waals surface area contributed by atoms with Crippen LogP contribution in [0.15, 0.2) is 24.4 Å². The fraction of sp³-hybridized carbons (Fsp3) is 0.350. The minimum absolute atomic E-state index is 0.0590. The largest absolute Gasteiger partial charge is 0.476 e. The fourth-order valence-electron chi connectivity index (χ4n) is 3.79. The van der Waals surface area contributed by atoms with Crippen molar-refractivity contribution in [1.29, 1.82) is 0 Å². The lowest BCUT2D eigenvalue weighted by Gasteiger charge is -2.23. The molecule has 0 aliphatic carbocycles. The third-order valence-corrected chi connectivity index (χ3v) is 6.21. The van der Waals surface area contributed by atoms with Crippen LogP contribution in [0.25, 0.3) is 10.9 Å². The van der Waals surface area contributed by atoms with E-state index in [2.05, 4.69) is 28.2 Å². The Morgan fingerprint density at radius 3 is 2.93 bits per heavy atom. The number of aromatic nitrogens is 2. The molecule has 1 amide bonds. The number of carboxylic acid groups (broad SMARTS) is 1. The van der Waals surface area contributed by atoms with E-state index in [0.717, 1.165) is 34.3 Å². The van der Waals surface area contributed by atoms with Crippen molar-refractivity contribution in [3.63, 3.8) is 0 Å². The monoisotopic (exact) mass is 383 g/mol. The normalized spacial score (nSPS) is 17.0. The molecule has 3 aromatic rings. The van der Waals surface area contributed by atoms with E-state index in [0.29, 0.717) is 17.8 Å². The Labute approximate surface area is 160 Å². The number of carbonyl (C=O) groups is 2. The molecule has 1 aliphatic heterocycles. The van der Waals surface area contributed by atoms with E-state index in [1.165, 1.54) is 16.9 Å². The van der Waals surface area contributed by atoms with Crippen LogP contribution in [0.5, 0.6) is 0 Å². The summed E-state index contributed by atoms with van der Waals surface area (Å²) in [4.78, 5) is 34.4. The highest BCUT2D eigenvalue weighted by atomic mass is 32.1. The zero-order chi connectivity index (χ0) is 19.1. The number of aryl methyl sites for hydroxylation is 2. The van der Waals surface area contributed by atoms with Crippen molar-refractivity contribution < 1.29 is 14.7 Å². The zero-order valence-electron chi connectivity index (χ0n) is 15.3. The van der Waals surface area contributed by atoms with Crippen LogP contribution in [0.1, 0.15) is 50.4 Å². The van der Waals surface area contributed by atoms with Crippen LogP contribution in [0.4, 0.5) is 0 Å². The molecule has 1 saturated heterocycles. The molecular formula is C20H21N3O3S. The number of nitrogens with zero attached hydrogens (tertiary/aromatic N) is 2. The molecule has 4 rings (SSSR count). The van der Waals surface area contributed by atoms with Crippen molar-refractivity contribution in [2.45, 2.75) is 39.2 Å². The highest BCUT2D eigenvalue weighted by molar-refractivity contribution is 7.12. The number of amides is 1. The lowest BCUT2D eigenvalue weighted by Crippen LogP contribution is -2.31. The quantitative estimate of drug-likeness (QED) is 0.717. The molecule has 0 bridgehead atoms. The first-order valence-corrected chi connectivity index (χ1v) is 9.82. The molecule has 0 spiro atoms. The summed E-state index contributed by atoms with van der Waals surface area (Å²) in [5, 5.41) is 11.0. The Balaban J connectivity index is 1.57. The second-order valence-corrected chi connectivity index (χ2v) is 8.28. The number of hydrogen-bond donors (Lipinski definition) is 2. The molecule has 27 heavy (non-hydrogen) atoms. The molecule has 140 valence electrons. The van der Waals surface area contributed by atoms with Crippen molar-refractivity contribution in [2.75, 3.05) is 6.54 Å². The van der Waals surface area contributed by atoms with Gasteiger partial charge in [0.2, 0.25) is 5.91 Å². The van der Waals surface area contributed by atoms with Gasteiger partial charge in [0.05, 0.1) is 12.5 Å². The van der Waals surface area contributed by atoms with Crippen molar-refractivity contribution in [2.24, 2.45) is 0 Å². The SMILES string of the molecule is Cc1ccc2c(CC(=O)N3CCCC3c3nc(C(=O)O)c(C)s3)c[nH]c2c1. The van der Waals surface area contributed by atoms with Crippen molar-refractivity contribution in [3.8, 4) is 0 Å². The highest BCUT2D eigenvalue weighted by Gasteiger charge is 2.33. The molecule has 3 heterocycles. The average Bonchev–Trinajstić information content (AvgIpc) is 3.32. The summed E-state index contributed by atoms with van der Waals surface area (Å²) in [6.45, 7) is 4.49. The number of aromatic amines is 1. The summed E-state index contributed by atoms with van der Waals surface area (Å²) in [5.74, 6) is -0.955. The summed E-state index contributed by atoms with van der Waals surface area (Å²) in [6, 6.07) is 6.05. The first kappa shape index (κ1) is 17.7. The molecule has 1 unspecified atom stereocenters. The molecule has 7 heteroatoms. The first-order valence-electron chi connectivity index (χ1n) is 9.00. The molecule has 2 aromatic heterocycles. The maximum absolute atomic E-state index is 13.0. The molecule has 1 aromatic carbocycles. The van der Waals surface area contributed by atoms with Crippen LogP contribution in [0.3, 0.4) is 0 Å². The van der Waals surface area contributed by atoms with Gasteiger partial charge in [-0.1, -0.05) is 12.1 Å². The predicted molar refractivity (Wildman–Crippen MR) is 104 cm³/mol. The van der Waals surface area contributed by atoms with E-state index in [-0.39, 0.29) is 17.6 Å². The number of aromatic carboxylic acids is 1. The van der Waals surface area contributed by atoms with Gasteiger partial charge < -0.3 is 15.0 Å². The summed E-state index contributed by atoms with van der Waals surface area (Å²) in [7, 11) is 0. The standard InChI is InChI=1S/C20H21N3O3S/c1-11-5-6-14-13(10-21-15(14)8-11)9-17(24)23-7-3-4-16(23)19-22-18(20(25)26)12(2)27-19/h5-6,8,10,16,21H,3-4,7,9H2,1-2H3,(H,25,26). The lowest BCUT2D eigenvalue weighted by molar-refractivity contribution is -0.131. The van der Waals surface area contributed by atoms with Crippen LogP contribution < -0.4 is 0 Å². The van der Waals surface area contributed by atoms with Crippen LogP contribution >= 0.6 is 11.3 Å². The van der Waals surface area contributed by atoms with E-state index in [1.807, 2.05) is 18.0 Å². The second kappa shape index (κ2) is 6.81. The Bertz CT molecular complexity index is 1040. The molecule has 0 radical (unpaired) electrons. The summed E-state index contributed by atoms with van der Waals surface area (Å²) in [6.07, 6.45) is 3.97. The number of fused-ring (bicyclic) bond motifs is 1. The molecular weight excluding hydrogens is 362 g/mol. The summed E-state index contributed by atoms with van der Waals surface area (Å²) < 4.78 is 0. The number of H-pyrrole nitrogens is 1. The zero-order valence-corrected chi connectivity index (χ0v) is 16.1. The van der Waals surface area contributed by atoms with Crippen LogP contribution in [0.2, 0.25) is 0 Å². The van der Waals surface area contributed by atoms with Gasteiger partial charge >= 0.3 is 5.97 Å². The average molecular weight is 383 g/mol. The third kappa shape index (κ3) is 3.23. The van der Waals surface area contributed by atoms with E-state index >= 15 is 0 Å². The van der Waals surface area contributed by atoms with Crippen molar-refractivity contribution in [1.82, 2.24) is 14.9 Å². The smallest absolute Gasteiger partial charge is 0.355 e. The number of hydrogen-bond acceptors (Lipinski definition) is 4. The number of benzene rings is 1. The maximum Gasteiger partial charge on any atom is 0.355 e. The van der Waals surface area contributed by atoms with E-state index in [9.17, 15) is 14.7 Å².